The van der Waals surface area contributed by atoms with E-state index in [2.05, 4.69) is 11.6 Å². The largest absolute Gasteiger partial charge is 0.397 e. The number of hydrogen-bond acceptors (Lipinski definition) is 4. The third kappa shape index (κ3) is 3.06. The Bertz CT molecular complexity index is 276. The van der Waals surface area contributed by atoms with E-state index >= 15 is 0 Å². The minimum absolute atomic E-state index is 0.633. The van der Waals surface area contributed by atoms with E-state index in [9.17, 15) is 0 Å². The van der Waals surface area contributed by atoms with Crippen LogP contribution in [-0.2, 0) is 0 Å². The molecule has 13 heavy (non-hydrogen) atoms. The van der Waals surface area contributed by atoms with Crippen molar-refractivity contribution >= 4 is 28.8 Å². The summed E-state index contributed by atoms with van der Waals surface area (Å²) in [6.07, 6.45) is 2.08. The molecule has 1 aromatic carbocycles. The molecule has 3 nitrogen and oxygen atoms in total. The van der Waals surface area contributed by atoms with Gasteiger partial charge in [-0.1, -0.05) is 0 Å². The highest BCUT2D eigenvalue weighted by molar-refractivity contribution is 7.98. The van der Waals surface area contributed by atoms with Crippen molar-refractivity contribution in [1.82, 2.24) is 0 Å². The van der Waals surface area contributed by atoms with Crippen molar-refractivity contribution in [2.45, 2.75) is 0 Å². The Morgan fingerprint density at radius 3 is 2.69 bits per heavy atom. The maximum atomic E-state index is 5.65. The van der Waals surface area contributed by atoms with Gasteiger partial charge in [-0.15, -0.1) is 0 Å². The molecule has 0 saturated heterocycles. The molecule has 0 atom stereocenters. The van der Waals surface area contributed by atoms with Gasteiger partial charge in [-0.3, -0.25) is 0 Å². The third-order valence-electron chi connectivity index (χ3n) is 1.72. The van der Waals surface area contributed by atoms with Crippen LogP contribution in [-0.4, -0.2) is 18.6 Å². The highest BCUT2D eigenvalue weighted by Crippen LogP contribution is 2.19. The number of nitrogens with two attached hydrogens (primary N) is 2. The van der Waals surface area contributed by atoms with Gasteiger partial charge >= 0.3 is 0 Å². The monoisotopic (exact) mass is 197 g/mol. The van der Waals surface area contributed by atoms with Crippen molar-refractivity contribution in [2.24, 2.45) is 0 Å². The van der Waals surface area contributed by atoms with Crippen LogP contribution in [0.4, 0.5) is 17.1 Å². The number of nitrogen functional groups attached to an aromatic ring is 2. The average molecular weight is 197 g/mol. The normalized spacial score (nSPS) is 9.92. The number of hydrogen-bond donors (Lipinski definition) is 3. The van der Waals surface area contributed by atoms with E-state index in [1.54, 1.807) is 0 Å². The Labute approximate surface area is 82.9 Å². The number of nitrogens with one attached hydrogen (secondary N) is 1. The van der Waals surface area contributed by atoms with E-state index in [-0.39, 0.29) is 0 Å². The molecule has 1 aromatic rings. The zero-order valence-electron chi connectivity index (χ0n) is 7.71. The molecular formula is C9H15N3S. The third-order valence-corrected chi connectivity index (χ3v) is 2.33. The van der Waals surface area contributed by atoms with Gasteiger partial charge < -0.3 is 16.8 Å². The lowest BCUT2D eigenvalue weighted by Gasteiger charge is -2.07. The predicted octanol–water partition coefficient (Wildman–Crippen LogP) is 1.63. The molecule has 0 aliphatic rings. The van der Waals surface area contributed by atoms with E-state index in [1.807, 2.05) is 30.0 Å². The van der Waals surface area contributed by atoms with Crippen LogP contribution in [0.1, 0.15) is 0 Å². The maximum absolute atomic E-state index is 5.65. The molecule has 5 N–H and O–H groups in total. The second kappa shape index (κ2) is 4.87. The van der Waals surface area contributed by atoms with Crippen molar-refractivity contribution in [2.75, 3.05) is 35.3 Å². The molecule has 0 aliphatic carbocycles. The summed E-state index contributed by atoms with van der Waals surface area (Å²) in [6, 6.07) is 5.61. The summed E-state index contributed by atoms with van der Waals surface area (Å²) in [5.74, 6) is 1.09. The summed E-state index contributed by atoms with van der Waals surface area (Å²) in [7, 11) is 0. The molecule has 0 spiro atoms. The minimum atomic E-state index is 0.633. The van der Waals surface area contributed by atoms with Crippen LogP contribution in [0, 0.1) is 0 Å². The Balaban J connectivity index is 2.53. The van der Waals surface area contributed by atoms with Crippen molar-refractivity contribution in [3.8, 4) is 0 Å². The van der Waals surface area contributed by atoms with Gasteiger partial charge in [-0.2, -0.15) is 11.8 Å². The number of benzene rings is 1. The zero-order chi connectivity index (χ0) is 9.68. The molecule has 0 amide bonds. The van der Waals surface area contributed by atoms with Gasteiger partial charge in [0, 0.05) is 18.0 Å². The van der Waals surface area contributed by atoms with Crippen LogP contribution >= 0.6 is 11.8 Å². The van der Waals surface area contributed by atoms with Crippen LogP contribution in [0.15, 0.2) is 18.2 Å². The summed E-state index contributed by atoms with van der Waals surface area (Å²) < 4.78 is 0. The van der Waals surface area contributed by atoms with Gasteiger partial charge in [-0.25, -0.2) is 0 Å². The Kier molecular flexibility index (Phi) is 3.76. The molecule has 0 heterocycles. The molecule has 0 saturated carbocycles. The van der Waals surface area contributed by atoms with E-state index in [0.717, 1.165) is 18.0 Å². The van der Waals surface area contributed by atoms with Crippen LogP contribution in [0.25, 0.3) is 0 Å². The van der Waals surface area contributed by atoms with Crippen molar-refractivity contribution in [1.29, 1.82) is 0 Å². The first-order valence-corrected chi connectivity index (χ1v) is 5.51. The van der Waals surface area contributed by atoms with E-state index in [0.29, 0.717) is 11.4 Å². The summed E-state index contributed by atoms with van der Waals surface area (Å²) in [5, 5.41) is 3.26. The van der Waals surface area contributed by atoms with E-state index in [1.165, 1.54) is 0 Å². The molecule has 0 aromatic heterocycles. The van der Waals surface area contributed by atoms with Gasteiger partial charge in [0.2, 0.25) is 0 Å². The fraction of sp³-hybridized carbons (Fsp3) is 0.333. The average Bonchev–Trinajstić information content (AvgIpc) is 2.12. The van der Waals surface area contributed by atoms with Gasteiger partial charge in [0.1, 0.15) is 0 Å². The Morgan fingerprint density at radius 1 is 1.31 bits per heavy atom. The molecule has 0 fully saturated rings. The van der Waals surface area contributed by atoms with Crippen molar-refractivity contribution in [3.05, 3.63) is 18.2 Å². The van der Waals surface area contributed by atoms with Crippen LogP contribution < -0.4 is 16.8 Å². The van der Waals surface area contributed by atoms with Crippen LogP contribution in [0.2, 0.25) is 0 Å². The highest BCUT2D eigenvalue weighted by Gasteiger charge is 1.95. The standard InChI is InChI=1S/C9H15N3S/c1-13-5-4-12-7-2-3-8(10)9(11)6-7/h2-3,6,12H,4-5,10-11H2,1H3. The SMILES string of the molecule is CSCCNc1ccc(N)c(N)c1. The van der Waals surface area contributed by atoms with Crippen molar-refractivity contribution < 1.29 is 0 Å². The number of anilines is 3. The zero-order valence-corrected chi connectivity index (χ0v) is 8.53. The lowest BCUT2D eigenvalue weighted by atomic mass is 10.2. The highest BCUT2D eigenvalue weighted by atomic mass is 32.2. The predicted molar refractivity (Wildman–Crippen MR) is 62.1 cm³/mol. The van der Waals surface area contributed by atoms with Gasteiger partial charge in [0.15, 0.2) is 0 Å². The number of thioether (sulfide) groups is 1. The van der Waals surface area contributed by atoms with E-state index in [4.69, 9.17) is 11.5 Å². The van der Waals surface area contributed by atoms with Crippen molar-refractivity contribution in [3.63, 3.8) is 0 Å². The smallest absolute Gasteiger partial charge is 0.0568 e. The molecule has 4 heteroatoms. The van der Waals surface area contributed by atoms with Gasteiger partial charge in [0.05, 0.1) is 11.4 Å². The molecule has 72 valence electrons. The fourth-order valence-electron chi connectivity index (χ4n) is 0.982. The van der Waals surface area contributed by atoms with Crippen LogP contribution in [0.3, 0.4) is 0 Å². The summed E-state index contributed by atoms with van der Waals surface area (Å²) in [6.45, 7) is 0.949. The summed E-state index contributed by atoms with van der Waals surface area (Å²) in [5.41, 5.74) is 13.5. The first-order chi connectivity index (χ1) is 6.24. The lowest BCUT2D eigenvalue weighted by molar-refractivity contribution is 1.23. The van der Waals surface area contributed by atoms with Gasteiger partial charge in [0.25, 0.3) is 0 Å². The molecule has 0 radical (unpaired) electrons. The fourth-order valence-corrected chi connectivity index (χ4v) is 1.29. The van der Waals surface area contributed by atoms with Crippen LogP contribution in [0.5, 0.6) is 0 Å². The Hall–Kier alpha value is -1.03. The summed E-state index contributed by atoms with van der Waals surface area (Å²) in [4.78, 5) is 0. The van der Waals surface area contributed by atoms with Gasteiger partial charge in [-0.05, 0) is 24.5 Å². The Morgan fingerprint density at radius 2 is 2.08 bits per heavy atom. The molecule has 0 bridgehead atoms. The first-order valence-electron chi connectivity index (χ1n) is 4.12. The summed E-state index contributed by atoms with van der Waals surface area (Å²) >= 11 is 1.81. The van der Waals surface area contributed by atoms with E-state index < -0.39 is 0 Å². The molecule has 0 unspecified atom stereocenters. The number of rotatable bonds is 4. The minimum Gasteiger partial charge on any atom is -0.397 e. The lowest BCUT2D eigenvalue weighted by Crippen LogP contribution is -2.04. The second-order valence-corrected chi connectivity index (χ2v) is 3.75. The maximum Gasteiger partial charge on any atom is 0.0568 e. The molecular weight excluding hydrogens is 182 g/mol. The second-order valence-electron chi connectivity index (χ2n) is 2.76. The first kappa shape index (κ1) is 10.1. The molecule has 1 rings (SSSR count). The molecule has 0 aliphatic heterocycles. The quantitative estimate of drug-likeness (QED) is 0.507. The topological polar surface area (TPSA) is 64.1 Å².